The number of ether oxygens (including phenoxy) is 1. The van der Waals surface area contributed by atoms with Crippen LogP contribution in [0.2, 0.25) is 0 Å². The van der Waals surface area contributed by atoms with Gasteiger partial charge in [-0.1, -0.05) is 0 Å². The number of nitrogens with zero attached hydrogens (tertiary/aromatic N) is 2. The van der Waals surface area contributed by atoms with E-state index in [-0.39, 0.29) is 30.1 Å². The molecule has 2 atom stereocenters. The van der Waals surface area contributed by atoms with Crippen molar-refractivity contribution < 1.29 is 14.3 Å². The van der Waals surface area contributed by atoms with Crippen LogP contribution in [-0.4, -0.2) is 79.3 Å². The van der Waals surface area contributed by atoms with Crippen molar-refractivity contribution in [3.05, 3.63) is 0 Å². The van der Waals surface area contributed by atoms with E-state index >= 15 is 0 Å². The van der Waals surface area contributed by atoms with E-state index in [0.29, 0.717) is 13.0 Å². The summed E-state index contributed by atoms with van der Waals surface area (Å²) in [7, 11) is 0. The fraction of sp³-hybridized carbons (Fsp3) is 0.867. The zero-order valence-electron chi connectivity index (χ0n) is 13.8. The highest BCUT2D eigenvalue weighted by Crippen LogP contribution is 2.14. The largest absolute Gasteiger partial charge is 0.379 e. The van der Waals surface area contributed by atoms with Crippen molar-refractivity contribution in [2.24, 2.45) is 0 Å². The highest BCUT2D eigenvalue weighted by atomic mass is 16.5. The predicted molar refractivity (Wildman–Crippen MR) is 83.6 cm³/mol. The summed E-state index contributed by atoms with van der Waals surface area (Å²) in [6.07, 6.45) is 0.392. The summed E-state index contributed by atoms with van der Waals surface area (Å²) in [6.45, 7) is 10.7. The number of likely N-dealkylation sites (tertiary alicyclic amines) is 1. The summed E-state index contributed by atoms with van der Waals surface area (Å²) in [6, 6.07) is -0.0336. The maximum Gasteiger partial charge on any atom is 0.315 e. The number of carbonyl (C=O) groups excluding carboxylic acids is 2. The normalized spacial score (nSPS) is 24.6. The highest BCUT2D eigenvalue weighted by molar-refractivity contribution is 5.81. The quantitative estimate of drug-likeness (QED) is 0.750. The number of carbonyl (C=O) groups is 2. The molecule has 2 rings (SSSR count). The van der Waals surface area contributed by atoms with E-state index in [1.165, 1.54) is 0 Å². The maximum atomic E-state index is 12.0. The van der Waals surface area contributed by atoms with Gasteiger partial charge >= 0.3 is 6.03 Å². The third-order valence-corrected chi connectivity index (χ3v) is 4.13. The van der Waals surface area contributed by atoms with Crippen molar-refractivity contribution in [1.82, 2.24) is 20.4 Å². The Morgan fingerprint density at radius 1 is 1.32 bits per heavy atom. The lowest BCUT2D eigenvalue weighted by Gasteiger charge is -2.29. The number of hydrogen-bond acceptors (Lipinski definition) is 4. The Bertz CT molecular complexity index is 396. The fourth-order valence-electron chi connectivity index (χ4n) is 2.99. The molecule has 2 aliphatic rings. The van der Waals surface area contributed by atoms with Gasteiger partial charge < -0.3 is 20.3 Å². The fourth-order valence-corrected chi connectivity index (χ4v) is 2.99. The van der Waals surface area contributed by atoms with Crippen LogP contribution in [0.25, 0.3) is 0 Å². The van der Waals surface area contributed by atoms with Gasteiger partial charge in [-0.3, -0.25) is 9.69 Å². The number of urea groups is 1. The average Bonchev–Trinajstić information content (AvgIpc) is 2.80. The molecule has 7 nitrogen and oxygen atoms in total. The second kappa shape index (κ2) is 7.78. The summed E-state index contributed by atoms with van der Waals surface area (Å²) < 4.78 is 5.31. The summed E-state index contributed by atoms with van der Waals surface area (Å²) in [4.78, 5) is 28.0. The van der Waals surface area contributed by atoms with Gasteiger partial charge in [-0.05, 0) is 20.8 Å². The molecule has 2 heterocycles. The second-order valence-electron chi connectivity index (χ2n) is 6.47. The molecule has 0 aromatic heterocycles. The molecule has 0 aromatic rings. The molecule has 2 N–H and O–H groups in total. The topological polar surface area (TPSA) is 73.9 Å². The van der Waals surface area contributed by atoms with Crippen molar-refractivity contribution in [1.29, 1.82) is 0 Å². The van der Waals surface area contributed by atoms with E-state index < -0.39 is 0 Å². The molecule has 7 heteroatoms. The van der Waals surface area contributed by atoms with Crippen LogP contribution in [0, 0.1) is 0 Å². The number of hydrogen-bond donors (Lipinski definition) is 2. The lowest BCUT2D eigenvalue weighted by Crippen LogP contribution is -2.50. The van der Waals surface area contributed by atoms with Crippen LogP contribution in [0.1, 0.15) is 27.2 Å². The molecule has 0 aromatic carbocycles. The zero-order valence-corrected chi connectivity index (χ0v) is 13.8. The number of amides is 3. The average molecular weight is 312 g/mol. The molecule has 2 saturated heterocycles. The molecule has 0 bridgehead atoms. The zero-order chi connectivity index (χ0) is 16.1. The maximum absolute atomic E-state index is 12.0. The molecule has 3 amide bonds. The Hall–Kier alpha value is -1.34. The van der Waals surface area contributed by atoms with E-state index in [1.807, 2.05) is 25.7 Å². The Labute approximate surface area is 132 Å². The van der Waals surface area contributed by atoms with Gasteiger partial charge in [0.2, 0.25) is 5.91 Å². The van der Waals surface area contributed by atoms with E-state index in [4.69, 9.17) is 4.74 Å². The van der Waals surface area contributed by atoms with Gasteiger partial charge in [-0.2, -0.15) is 0 Å². The molecule has 0 radical (unpaired) electrons. The van der Waals surface area contributed by atoms with Gasteiger partial charge in [-0.15, -0.1) is 0 Å². The van der Waals surface area contributed by atoms with Crippen LogP contribution in [0.5, 0.6) is 0 Å². The van der Waals surface area contributed by atoms with Crippen molar-refractivity contribution in [3.63, 3.8) is 0 Å². The molecule has 0 spiro atoms. The summed E-state index contributed by atoms with van der Waals surface area (Å²) in [5, 5.41) is 5.86. The van der Waals surface area contributed by atoms with Gasteiger partial charge in [-0.25, -0.2) is 4.79 Å². The Balaban J connectivity index is 1.70. The van der Waals surface area contributed by atoms with E-state index in [9.17, 15) is 9.59 Å². The smallest absolute Gasteiger partial charge is 0.315 e. The standard InChI is InChI=1S/C15H28N4O3/c1-11(2)19-10-13(8-14(19)20)17-15(21)16-12(3)9-18-4-6-22-7-5-18/h11-13H,4-10H2,1-3H3,(H2,16,17,21)/t12-,13+/m1/s1. The predicted octanol–water partition coefficient (Wildman–Crippen LogP) is 0.0156. The first-order chi connectivity index (χ1) is 10.5. The minimum atomic E-state index is -0.191. The molecule has 2 aliphatic heterocycles. The van der Waals surface area contributed by atoms with E-state index in [2.05, 4.69) is 15.5 Å². The van der Waals surface area contributed by atoms with Crippen LogP contribution >= 0.6 is 0 Å². The lowest BCUT2D eigenvalue weighted by atomic mass is 10.2. The van der Waals surface area contributed by atoms with Crippen molar-refractivity contribution in [3.8, 4) is 0 Å². The Kier molecular flexibility index (Phi) is 6.02. The molecule has 126 valence electrons. The Morgan fingerprint density at radius 2 is 2.00 bits per heavy atom. The first kappa shape index (κ1) is 17.0. The second-order valence-corrected chi connectivity index (χ2v) is 6.47. The van der Waals surface area contributed by atoms with Crippen LogP contribution in [0.3, 0.4) is 0 Å². The van der Waals surface area contributed by atoms with Gasteiger partial charge in [0.25, 0.3) is 0 Å². The Morgan fingerprint density at radius 3 is 2.59 bits per heavy atom. The monoisotopic (exact) mass is 312 g/mol. The van der Waals surface area contributed by atoms with E-state index in [1.54, 1.807) is 0 Å². The molecule has 0 unspecified atom stereocenters. The summed E-state index contributed by atoms with van der Waals surface area (Å²) >= 11 is 0. The molecule has 0 aliphatic carbocycles. The third kappa shape index (κ3) is 4.84. The van der Waals surface area contributed by atoms with Crippen LogP contribution < -0.4 is 10.6 Å². The SMILES string of the molecule is CC(C)N1C[C@@H](NC(=O)N[C@H](C)CN2CCOCC2)CC1=O. The highest BCUT2D eigenvalue weighted by Gasteiger charge is 2.32. The first-order valence-corrected chi connectivity index (χ1v) is 8.12. The van der Waals surface area contributed by atoms with Gasteiger partial charge in [0.05, 0.1) is 19.3 Å². The molecule has 0 saturated carbocycles. The van der Waals surface area contributed by atoms with Crippen LogP contribution in [0.4, 0.5) is 4.79 Å². The molecule has 2 fully saturated rings. The van der Waals surface area contributed by atoms with Gasteiger partial charge in [0, 0.05) is 44.7 Å². The minimum absolute atomic E-state index is 0.0661. The van der Waals surface area contributed by atoms with Crippen molar-refractivity contribution in [2.45, 2.75) is 45.3 Å². The molecular formula is C15H28N4O3. The van der Waals surface area contributed by atoms with Crippen LogP contribution in [-0.2, 0) is 9.53 Å². The third-order valence-electron chi connectivity index (χ3n) is 4.13. The van der Waals surface area contributed by atoms with Crippen molar-refractivity contribution >= 4 is 11.9 Å². The lowest BCUT2D eigenvalue weighted by molar-refractivity contribution is -0.129. The summed E-state index contributed by atoms with van der Waals surface area (Å²) in [5.41, 5.74) is 0. The van der Waals surface area contributed by atoms with Gasteiger partial charge in [0.15, 0.2) is 0 Å². The molecule has 22 heavy (non-hydrogen) atoms. The van der Waals surface area contributed by atoms with Crippen molar-refractivity contribution in [2.75, 3.05) is 39.4 Å². The number of nitrogens with one attached hydrogen (secondary N) is 2. The van der Waals surface area contributed by atoms with Crippen LogP contribution in [0.15, 0.2) is 0 Å². The molecular weight excluding hydrogens is 284 g/mol. The van der Waals surface area contributed by atoms with Gasteiger partial charge in [0.1, 0.15) is 0 Å². The summed E-state index contributed by atoms with van der Waals surface area (Å²) in [5.74, 6) is 0.113. The number of rotatable bonds is 5. The number of morpholine rings is 1. The first-order valence-electron chi connectivity index (χ1n) is 8.12. The minimum Gasteiger partial charge on any atom is -0.379 e. The van der Waals surface area contributed by atoms with E-state index in [0.717, 1.165) is 32.8 Å².